The number of nitrogens with zero attached hydrogens (tertiary/aromatic N) is 2. The molecule has 0 fully saturated rings. The van der Waals surface area contributed by atoms with E-state index in [1.54, 1.807) is 48.5 Å². The van der Waals surface area contributed by atoms with Gasteiger partial charge < -0.3 is 9.47 Å². The maximum Gasteiger partial charge on any atom is 0.260 e. The molecule has 0 unspecified atom stereocenters. The fraction of sp³-hybridized carbons (Fsp3) is 0.238. The molecule has 0 radical (unpaired) electrons. The summed E-state index contributed by atoms with van der Waals surface area (Å²) in [6, 6.07) is 11.9. The second kappa shape index (κ2) is 11.5. The maximum absolute atomic E-state index is 12.3. The zero-order valence-corrected chi connectivity index (χ0v) is 19.6. The van der Waals surface area contributed by atoms with E-state index >= 15 is 0 Å². The average molecular weight is 510 g/mol. The molecule has 0 aliphatic carbocycles. The van der Waals surface area contributed by atoms with Crippen LogP contribution < -0.4 is 19.2 Å². The summed E-state index contributed by atoms with van der Waals surface area (Å²) in [7, 11) is -3.68. The van der Waals surface area contributed by atoms with Crippen molar-refractivity contribution >= 4 is 43.8 Å². The second-order valence-electron chi connectivity index (χ2n) is 6.25. The third-order valence-corrected chi connectivity index (χ3v) is 5.63. The first-order chi connectivity index (χ1) is 14.8. The van der Waals surface area contributed by atoms with Crippen molar-refractivity contribution in [2.45, 2.75) is 6.92 Å². The van der Waals surface area contributed by atoms with E-state index in [0.717, 1.165) is 10.6 Å². The van der Waals surface area contributed by atoms with E-state index in [-0.39, 0.29) is 0 Å². The molecular formula is C21H24BrN3O5S. The van der Waals surface area contributed by atoms with Crippen LogP contribution in [-0.2, 0) is 14.8 Å². The number of amides is 1. The molecule has 166 valence electrons. The topological polar surface area (TPSA) is 97.3 Å². The highest BCUT2D eigenvalue weighted by Crippen LogP contribution is 2.28. The van der Waals surface area contributed by atoms with Crippen molar-refractivity contribution in [2.75, 3.05) is 30.3 Å². The molecule has 31 heavy (non-hydrogen) atoms. The summed E-state index contributed by atoms with van der Waals surface area (Å²) >= 11 is 3.31. The van der Waals surface area contributed by atoms with Gasteiger partial charge in [0.2, 0.25) is 10.0 Å². The third-order valence-electron chi connectivity index (χ3n) is 3.84. The van der Waals surface area contributed by atoms with Gasteiger partial charge in [0.15, 0.2) is 11.5 Å². The molecule has 0 aromatic heterocycles. The quantitative estimate of drug-likeness (QED) is 0.284. The van der Waals surface area contributed by atoms with Crippen LogP contribution in [0.1, 0.15) is 12.5 Å². The molecule has 8 nitrogen and oxygen atoms in total. The Bertz CT molecular complexity index is 1060. The van der Waals surface area contributed by atoms with Crippen LogP contribution in [0.3, 0.4) is 0 Å². The highest BCUT2D eigenvalue weighted by molar-refractivity contribution is 9.10. The number of hydrazone groups is 1. The standard InChI is InChI=1S/C21H24BrN3O5S/c1-4-12-30-19-11-10-16(13-20(19)29-5-2)14-23-24-21(26)15-25(31(3,27)28)18-9-7-6-8-17(18)22/h4,6-11,13-14H,1,5,12,15H2,2-3H3,(H,24,26)/b23-14-. The zero-order valence-electron chi connectivity index (χ0n) is 17.2. The average Bonchev–Trinajstić information content (AvgIpc) is 2.71. The van der Waals surface area contributed by atoms with Crippen LogP contribution in [0.4, 0.5) is 5.69 Å². The highest BCUT2D eigenvalue weighted by Gasteiger charge is 2.22. The van der Waals surface area contributed by atoms with Gasteiger partial charge in [-0.3, -0.25) is 9.10 Å². The van der Waals surface area contributed by atoms with Gasteiger partial charge in [0.05, 0.1) is 24.8 Å². The van der Waals surface area contributed by atoms with Gasteiger partial charge in [-0.05, 0) is 58.7 Å². The number of rotatable bonds is 11. The van der Waals surface area contributed by atoms with Crippen molar-refractivity contribution in [3.8, 4) is 11.5 Å². The zero-order chi connectivity index (χ0) is 22.9. The van der Waals surface area contributed by atoms with Crippen LogP contribution in [-0.4, -0.2) is 46.6 Å². The fourth-order valence-electron chi connectivity index (χ4n) is 2.52. The Balaban J connectivity index is 2.09. The predicted molar refractivity (Wildman–Crippen MR) is 125 cm³/mol. The van der Waals surface area contributed by atoms with E-state index in [0.29, 0.717) is 40.4 Å². The summed E-state index contributed by atoms with van der Waals surface area (Å²) in [5, 5.41) is 3.92. The fourth-order valence-corrected chi connectivity index (χ4v) is 4.01. The van der Waals surface area contributed by atoms with E-state index in [1.807, 2.05) is 6.92 Å². The van der Waals surface area contributed by atoms with Gasteiger partial charge in [0, 0.05) is 4.47 Å². The van der Waals surface area contributed by atoms with Gasteiger partial charge in [-0.1, -0.05) is 24.8 Å². The van der Waals surface area contributed by atoms with Crippen LogP contribution in [0.15, 0.2) is 64.7 Å². The lowest BCUT2D eigenvalue weighted by Crippen LogP contribution is -2.39. The minimum absolute atomic E-state index is 0.345. The minimum atomic E-state index is -3.68. The molecule has 10 heteroatoms. The van der Waals surface area contributed by atoms with Gasteiger partial charge in [-0.2, -0.15) is 5.10 Å². The summed E-state index contributed by atoms with van der Waals surface area (Å²) < 4.78 is 37.0. The first kappa shape index (κ1) is 24.4. The van der Waals surface area contributed by atoms with Crippen LogP contribution in [0.25, 0.3) is 0 Å². The van der Waals surface area contributed by atoms with Crippen LogP contribution in [0.2, 0.25) is 0 Å². The number of halogens is 1. The van der Waals surface area contributed by atoms with Crippen molar-refractivity contribution in [1.82, 2.24) is 5.43 Å². The third kappa shape index (κ3) is 7.41. The largest absolute Gasteiger partial charge is 0.490 e. The predicted octanol–water partition coefficient (Wildman–Crippen LogP) is 3.33. The highest BCUT2D eigenvalue weighted by atomic mass is 79.9. The van der Waals surface area contributed by atoms with E-state index in [9.17, 15) is 13.2 Å². The van der Waals surface area contributed by atoms with Crippen molar-refractivity contribution in [1.29, 1.82) is 0 Å². The van der Waals surface area contributed by atoms with Crippen molar-refractivity contribution in [3.05, 3.63) is 65.2 Å². The van der Waals surface area contributed by atoms with Gasteiger partial charge in [0.1, 0.15) is 13.2 Å². The Morgan fingerprint density at radius 2 is 1.97 bits per heavy atom. The summed E-state index contributed by atoms with van der Waals surface area (Å²) in [5.74, 6) is 0.519. The Morgan fingerprint density at radius 1 is 1.23 bits per heavy atom. The van der Waals surface area contributed by atoms with Crippen molar-refractivity contribution in [3.63, 3.8) is 0 Å². The van der Waals surface area contributed by atoms with Crippen molar-refractivity contribution < 1.29 is 22.7 Å². The lowest BCUT2D eigenvalue weighted by molar-refractivity contribution is -0.119. The molecular weight excluding hydrogens is 486 g/mol. The van der Waals surface area contributed by atoms with Crippen LogP contribution in [0, 0.1) is 0 Å². The summed E-state index contributed by atoms with van der Waals surface area (Å²) in [6.45, 7) is 5.86. The Kier molecular flexibility index (Phi) is 9.07. The van der Waals surface area contributed by atoms with E-state index in [1.165, 1.54) is 6.21 Å². The first-order valence-corrected chi connectivity index (χ1v) is 11.9. The Morgan fingerprint density at radius 3 is 2.61 bits per heavy atom. The number of benzene rings is 2. The summed E-state index contributed by atoms with van der Waals surface area (Å²) in [4.78, 5) is 12.3. The number of ether oxygens (including phenoxy) is 2. The summed E-state index contributed by atoms with van der Waals surface area (Å²) in [6.07, 6.45) is 4.10. The molecule has 2 aromatic carbocycles. The molecule has 0 atom stereocenters. The Hall–Kier alpha value is -2.85. The van der Waals surface area contributed by atoms with Crippen LogP contribution in [0.5, 0.6) is 11.5 Å². The maximum atomic E-state index is 12.3. The number of hydrogen-bond donors (Lipinski definition) is 1. The smallest absolute Gasteiger partial charge is 0.260 e. The van der Waals surface area contributed by atoms with Gasteiger partial charge in [-0.15, -0.1) is 0 Å². The van der Waals surface area contributed by atoms with Gasteiger partial charge >= 0.3 is 0 Å². The van der Waals surface area contributed by atoms with E-state index in [2.05, 4.69) is 33.0 Å². The molecule has 1 N–H and O–H groups in total. The molecule has 0 saturated heterocycles. The molecule has 0 aliphatic rings. The summed E-state index contributed by atoms with van der Waals surface area (Å²) in [5.41, 5.74) is 3.38. The number of para-hydroxylation sites is 1. The monoisotopic (exact) mass is 509 g/mol. The molecule has 0 bridgehead atoms. The number of carbonyl (C=O) groups excluding carboxylic acids is 1. The molecule has 0 saturated carbocycles. The Labute approximate surface area is 190 Å². The minimum Gasteiger partial charge on any atom is -0.490 e. The molecule has 0 spiro atoms. The SMILES string of the molecule is C=CCOc1ccc(/C=N\NC(=O)CN(c2ccccc2Br)S(C)(=O)=O)cc1OCC. The molecule has 1 amide bonds. The molecule has 0 aliphatic heterocycles. The number of sulfonamides is 1. The number of nitrogens with one attached hydrogen (secondary N) is 1. The normalized spacial score (nSPS) is 11.2. The van der Waals surface area contributed by atoms with Crippen LogP contribution >= 0.6 is 15.9 Å². The number of hydrogen-bond acceptors (Lipinski definition) is 6. The molecule has 2 aromatic rings. The van der Waals surface area contributed by atoms with Gasteiger partial charge in [0.25, 0.3) is 5.91 Å². The number of carbonyl (C=O) groups is 1. The second-order valence-corrected chi connectivity index (χ2v) is 9.01. The molecule has 0 heterocycles. The number of anilines is 1. The van der Waals surface area contributed by atoms with E-state index < -0.39 is 22.5 Å². The lowest BCUT2D eigenvalue weighted by atomic mass is 10.2. The lowest BCUT2D eigenvalue weighted by Gasteiger charge is -2.22. The van der Waals surface area contributed by atoms with Crippen molar-refractivity contribution in [2.24, 2.45) is 5.10 Å². The first-order valence-electron chi connectivity index (χ1n) is 9.31. The van der Waals surface area contributed by atoms with Gasteiger partial charge in [-0.25, -0.2) is 13.8 Å². The molecule has 2 rings (SSSR count). The van der Waals surface area contributed by atoms with E-state index in [4.69, 9.17) is 9.47 Å².